The summed E-state index contributed by atoms with van der Waals surface area (Å²) < 4.78 is 18.8. The van der Waals surface area contributed by atoms with Crippen molar-refractivity contribution >= 4 is 28.7 Å². The number of carbonyl (C=O) groups is 1. The Balaban J connectivity index is 1.54. The number of rotatable bonds is 6. The van der Waals surface area contributed by atoms with Crippen molar-refractivity contribution in [2.24, 2.45) is 4.99 Å². The van der Waals surface area contributed by atoms with Crippen LogP contribution in [-0.2, 0) is 6.42 Å². The summed E-state index contributed by atoms with van der Waals surface area (Å²) in [6.07, 6.45) is 2.39. The van der Waals surface area contributed by atoms with E-state index in [-0.39, 0.29) is 17.7 Å². The standard InChI is InChI=1S/C25H25FN6O2/c1-15-12-16(2)30-25(29-15)32-24(31-23(33)17-4-7-20(34-3)8-5-17)27-11-10-18-14-28-22-9-6-19(26)13-21(18)22/h4-9,12-14,28H,10-11H2,1-3H3,(H2,27,29,30,31,32,33). The number of hydrogen-bond donors (Lipinski definition) is 3. The van der Waals surface area contributed by atoms with E-state index in [0.29, 0.717) is 30.2 Å². The molecule has 0 aliphatic rings. The fourth-order valence-corrected chi connectivity index (χ4v) is 3.57. The van der Waals surface area contributed by atoms with Gasteiger partial charge in [-0.3, -0.25) is 20.4 Å². The molecule has 174 valence electrons. The van der Waals surface area contributed by atoms with Gasteiger partial charge in [-0.2, -0.15) is 0 Å². The molecule has 0 saturated heterocycles. The van der Waals surface area contributed by atoms with Gasteiger partial charge in [-0.05, 0) is 74.4 Å². The van der Waals surface area contributed by atoms with Crippen LogP contribution in [0.1, 0.15) is 27.3 Å². The minimum Gasteiger partial charge on any atom is -0.497 e. The Bertz CT molecular complexity index is 1330. The summed E-state index contributed by atoms with van der Waals surface area (Å²) >= 11 is 0. The molecule has 0 saturated carbocycles. The lowest BCUT2D eigenvalue weighted by molar-refractivity contribution is 0.0977. The van der Waals surface area contributed by atoms with E-state index < -0.39 is 0 Å². The number of halogens is 1. The predicted octanol–water partition coefficient (Wildman–Crippen LogP) is 4.16. The maximum atomic E-state index is 13.7. The summed E-state index contributed by atoms with van der Waals surface area (Å²) in [6, 6.07) is 13.2. The molecule has 2 aromatic carbocycles. The quantitative estimate of drug-likeness (QED) is 0.296. The number of fused-ring (bicyclic) bond motifs is 1. The first-order chi connectivity index (χ1) is 16.4. The highest BCUT2D eigenvalue weighted by atomic mass is 19.1. The summed E-state index contributed by atoms with van der Waals surface area (Å²) in [7, 11) is 1.57. The van der Waals surface area contributed by atoms with Crippen LogP contribution in [0.25, 0.3) is 10.9 Å². The topological polar surface area (TPSA) is 104 Å². The largest absolute Gasteiger partial charge is 0.497 e. The van der Waals surface area contributed by atoms with Crippen LogP contribution in [0, 0.1) is 19.7 Å². The average molecular weight is 461 g/mol. The van der Waals surface area contributed by atoms with Crippen molar-refractivity contribution in [2.75, 3.05) is 19.0 Å². The van der Waals surface area contributed by atoms with Gasteiger partial charge in [-0.1, -0.05) is 0 Å². The SMILES string of the molecule is COc1ccc(C(=O)NC(=NCCc2c[nH]c3ccc(F)cc23)Nc2nc(C)cc(C)n2)cc1. The third kappa shape index (κ3) is 5.55. The van der Waals surface area contributed by atoms with E-state index in [1.165, 1.54) is 12.1 Å². The predicted molar refractivity (Wildman–Crippen MR) is 130 cm³/mol. The molecule has 4 rings (SSSR count). The first-order valence-electron chi connectivity index (χ1n) is 10.8. The molecule has 3 N–H and O–H groups in total. The summed E-state index contributed by atoms with van der Waals surface area (Å²) in [5, 5.41) is 6.62. The molecule has 2 heterocycles. The number of H-pyrrole nitrogens is 1. The molecule has 0 unspecified atom stereocenters. The number of amides is 1. The van der Waals surface area contributed by atoms with E-state index in [4.69, 9.17) is 4.74 Å². The molecule has 2 aromatic heterocycles. The lowest BCUT2D eigenvalue weighted by Crippen LogP contribution is -2.37. The van der Waals surface area contributed by atoms with Gasteiger partial charge in [0.1, 0.15) is 11.6 Å². The maximum absolute atomic E-state index is 13.7. The van der Waals surface area contributed by atoms with Gasteiger partial charge in [-0.25, -0.2) is 14.4 Å². The minimum absolute atomic E-state index is 0.219. The van der Waals surface area contributed by atoms with Gasteiger partial charge in [-0.15, -0.1) is 0 Å². The molecular weight excluding hydrogens is 435 g/mol. The van der Waals surface area contributed by atoms with E-state index >= 15 is 0 Å². The van der Waals surface area contributed by atoms with Crippen LogP contribution in [0.15, 0.2) is 59.7 Å². The zero-order valence-electron chi connectivity index (χ0n) is 19.1. The van der Waals surface area contributed by atoms with Gasteiger partial charge in [0.25, 0.3) is 5.91 Å². The van der Waals surface area contributed by atoms with Gasteiger partial charge in [0.05, 0.1) is 7.11 Å². The molecule has 9 heteroatoms. The molecule has 0 radical (unpaired) electrons. The minimum atomic E-state index is -0.340. The van der Waals surface area contributed by atoms with Gasteiger partial charge in [0.15, 0.2) is 0 Å². The Morgan fingerprint density at radius 2 is 1.82 bits per heavy atom. The molecule has 8 nitrogen and oxygen atoms in total. The third-order valence-corrected chi connectivity index (χ3v) is 5.18. The van der Waals surface area contributed by atoms with Gasteiger partial charge < -0.3 is 9.72 Å². The molecular formula is C25H25FN6O2. The fraction of sp³-hybridized carbons (Fsp3) is 0.200. The molecule has 0 aliphatic carbocycles. The van der Waals surface area contributed by atoms with E-state index in [1.54, 1.807) is 37.4 Å². The van der Waals surface area contributed by atoms with Gasteiger partial charge in [0, 0.05) is 40.6 Å². The van der Waals surface area contributed by atoms with Crippen LogP contribution < -0.4 is 15.4 Å². The highest BCUT2D eigenvalue weighted by molar-refractivity contribution is 6.09. The lowest BCUT2D eigenvalue weighted by Gasteiger charge is -2.12. The number of aromatic nitrogens is 3. The van der Waals surface area contributed by atoms with Crippen molar-refractivity contribution < 1.29 is 13.9 Å². The molecule has 34 heavy (non-hydrogen) atoms. The van der Waals surface area contributed by atoms with Gasteiger partial charge >= 0.3 is 0 Å². The number of guanidine groups is 1. The molecule has 0 atom stereocenters. The van der Waals surface area contributed by atoms with Crippen molar-refractivity contribution in [1.82, 2.24) is 20.3 Å². The van der Waals surface area contributed by atoms with E-state index in [2.05, 4.69) is 30.6 Å². The highest BCUT2D eigenvalue weighted by Gasteiger charge is 2.12. The number of nitrogens with one attached hydrogen (secondary N) is 3. The molecule has 1 amide bonds. The second kappa shape index (κ2) is 10.1. The summed E-state index contributed by atoms with van der Waals surface area (Å²) in [5.41, 5.74) is 3.81. The van der Waals surface area contributed by atoms with Crippen LogP contribution in [-0.4, -0.2) is 40.5 Å². The van der Waals surface area contributed by atoms with Crippen LogP contribution >= 0.6 is 0 Å². The molecule has 0 bridgehead atoms. The van der Waals surface area contributed by atoms with Crippen LogP contribution in [0.4, 0.5) is 10.3 Å². The molecule has 0 fully saturated rings. The number of aryl methyl sites for hydroxylation is 2. The van der Waals surface area contributed by atoms with Crippen molar-refractivity contribution in [3.63, 3.8) is 0 Å². The lowest BCUT2D eigenvalue weighted by atomic mass is 10.1. The number of aliphatic imine (C=N–C) groups is 1. The summed E-state index contributed by atoms with van der Waals surface area (Å²) in [5.74, 6) is 0.574. The average Bonchev–Trinajstić information content (AvgIpc) is 3.20. The third-order valence-electron chi connectivity index (χ3n) is 5.18. The number of hydrogen-bond acceptors (Lipinski definition) is 5. The highest BCUT2D eigenvalue weighted by Crippen LogP contribution is 2.20. The van der Waals surface area contributed by atoms with Crippen molar-refractivity contribution in [1.29, 1.82) is 0 Å². The second-order valence-electron chi connectivity index (χ2n) is 7.77. The van der Waals surface area contributed by atoms with E-state index in [1.807, 2.05) is 26.1 Å². The second-order valence-corrected chi connectivity index (χ2v) is 7.77. The number of methoxy groups -OCH3 is 1. The number of ether oxygens (including phenoxy) is 1. The number of nitrogens with zero attached hydrogens (tertiary/aromatic N) is 3. The maximum Gasteiger partial charge on any atom is 0.257 e. The van der Waals surface area contributed by atoms with E-state index in [0.717, 1.165) is 27.9 Å². The van der Waals surface area contributed by atoms with Crippen molar-refractivity contribution in [3.05, 3.63) is 83.1 Å². The Morgan fingerprint density at radius 1 is 1.09 bits per heavy atom. The summed E-state index contributed by atoms with van der Waals surface area (Å²) in [6.45, 7) is 4.07. The van der Waals surface area contributed by atoms with Crippen LogP contribution in [0.3, 0.4) is 0 Å². The zero-order chi connectivity index (χ0) is 24.1. The molecule has 0 spiro atoms. The van der Waals surface area contributed by atoms with Gasteiger partial charge in [0.2, 0.25) is 11.9 Å². The Kier molecular flexibility index (Phi) is 6.82. The zero-order valence-corrected chi connectivity index (χ0v) is 19.1. The first-order valence-corrected chi connectivity index (χ1v) is 10.8. The number of benzene rings is 2. The number of aromatic amines is 1. The van der Waals surface area contributed by atoms with Crippen LogP contribution in [0.2, 0.25) is 0 Å². The molecule has 4 aromatic rings. The molecule has 0 aliphatic heterocycles. The number of anilines is 1. The number of carbonyl (C=O) groups excluding carboxylic acids is 1. The first kappa shape index (κ1) is 22.9. The fourth-order valence-electron chi connectivity index (χ4n) is 3.57. The van der Waals surface area contributed by atoms with Crippen molar-refractivity contribution in [2.45, 2.75) is 20.3 Å². The van der Waals surface area contributed by atoms with Crippen molar-refractivity contribution in [3.8, 4) is 5.75 Å². The normalized spacial score (nSPS) is 11.5. The smallest absolute Gasteiger partial charge is 0.257 e. The Labute approximate surface area is 196 Å². The van der Waals surface area contributed by atoms with E-state index in [9.17, 15) is 9.18 Å². The monoisotopic (exact) mass is 460 g/mol. The Morgan fingerprint density at radius 3 is 2.53 bits per heavy atom. The Hall–Kier alpha value is -4.27. The van der Waals surface area contributed by atoms with Crippen LogP contribution in [0.5, 0.6) is 5.75 Å². The summed E-state index contributed by atoms with van der Waals surface area (Å²) in [4.78, 5) is 29.2.